The molecule has 3 heterocycles. The Hall–Kier alpha value is -1.89. The summed E-state index contributed by atoms with van der Waals surface area (Å²) in [6, 6.07) is 10.1. The first-order chi connectivity index (χ1) is 17.1. The minimum Gasteiger partial charge on any atom is -0.383 e. The molecule has 6 nitrogen and oxygen atoms in total. The van der Waals surface area contributed by atoms with Crippen LogP contribution in [0.1, 0.15) is 65.2 Å². The number of anilines is 2. The highest BCUT2D eigenvalue weighted by Crippen LogP contribution is 2.38. The van der Waals surface area contributed by atoms with Crippen LogP contribution in [0.5, 0.6) is 0 Å². The normalized spacial score (nSPS) is 35.1. The van der Waals surface area contributed by atoms with Gasteiger partial charge >= 0.3 is 0 Å². The number of benzene rings is 1. The fraction of sp³-hybridized carbons (Fsp3) is 0.690. The van der Waals surface area contributed by atoms with Crippen LogP contribution < -0.4 is 21.7 Å². The third-order valence-corrected chi connectivity index (χ3v) is 9.29. The van der Waals surface area contributed by atoms with Crippen LogP contribution in [0.4, 0.5) is 11.5 Å². The highest BCUT2D eigenvalue weighted by atomic mass is 16.5. The minimum absolute atomic E-state index is 0.416. The summed E-state index contributed by atoms with van der Waals surface area (Å²) in [6.07, 6.45) is 12.0. The number of pyridine rings is 1. The molecule has 2 saturated heterocycles. The summed E-state index contributed by atoms with van der Waals surface area (Å²) in [7, 11) is 0. The number of ether oxygens (including phenoxy) is 1. The van der Waals surface area contributed by atoms with Gasteiger partial charge in [0, 0.05) is 48.5 Å². The first-order valence-corrected chi connectivity index (χ1v) is 14.0. The molecule has 35 heavy (non-hydrogen) atoms. The lowest BCUT2D eigenvalue weighted by Gasteiger charge is -2.40. The fourth-order valence-corrected chi connectivity index (χ4v) is 6.97. The van der Waals surface area contributed by atoms with E-state index in [9.17, 15) is 0 Å². The Bertz CT molecular complexity index is 967. The molecule has 0 radical (unpaired) electrons. The number of hydrogen-bond acceptors (Lipinski definition) is 6. The molecule has 6 rings (SSSR count). The molecule has 0 amide bonds. The van der Waals surface area contributed by atoms with Gasteiger partial charge in [-0.1, -0.05) is 13.3 Å². The van der Waals surface area contributed by atoms with E-state index in [0.717, 1.165) is 41.7 Å². The summed E-state index contributed by atoms with van der Waals surface area (Å²) in [5.74, 6) is 3.52. The average Bonchev–Trinajstić information content (AvgIpc) is 2.86. The molecular weight excluding hydrogens is 434 g/mol. The number of nitrogens with one attached hydrogen (secondary N) is 3. The number of rotatable bonds is 2. The third kappa shape index (κ3) is 6.10. The van der Waals surface area contributed by atoms with Crippen molar-refractivity contribution in [1.82, 2.24) is 15.6 Å². The zero-order chi connectivity index (χ0) is 24.2. The molecule has 7 atom stereocenters. The van der Waals surface area contributed by atoms with E-state index in [2.05, 4.69) is 59.0 Å². The number of nitrogens with two attached hydrogens (primary N) is 1. The molecule has 6 unspecified atom stereocenters. The van der Waals surface area contributed by atoms with E-state index in [1.54, 1.807) is 6.20 Å². The summed E-state index contributed by atoms with van der Waals surface area (Å²) in [5, 5.41) is 13.8. The fourth-order valence-electron chi connectivity index (χ4n) is 6.97. The number of nitrogen functional groups attached to an aromatic ring is 1. The Morgan fingerprint density at radius 3 is 2.74 bits per heavy atom. The molecule has 2 aliphatic heterocycles. The SMILES string of the molecule is CC1C[C@H]2CCC1CCOCNC1CCCC(C1)C(C)NCC2Nc1ccc2c(N)nccc2c1. The maximum Gasteiger partial charge on any atom is 0.131 e. The first kappa shape index (κ1) is 24.8. The van der Waals surface area contributed by atoms with Gasteiger partial charge in [0.05, 0.1) is 6.73 Å². The van der Waals surface area contributed by atoms with E-state index >= 15 is 0 Å². The van der Waals surface area contributed by atoms with Crippen LogP contribution in [0.25, 0.3) is 10.8 Å². The number of fused-ring (bicyclic) bond motifs is 10. The molecule has 4 fully saturated rings. The predicted octanol–water partition coefficient (Wildman–Crippen LogP) is 5.15. The molecular formula is C29H45N5O. The van der Waals surface area contributed by atoms with Crippen LogP contribution in [0, 0.1) is 23.7 Å². The van der Waals surface area contributed by atoms with Gasteiger partial charge < -0.3 is 21.1 Å². The van der Waals surface area contributed by atoms with Gasteiger partial charge in [-0.2, -0.15) is 0 Å². The van der Waals surface area contributed by atoms with E-state index in [4.69, 9.17) is 10.5 Å². The highest BCUT2D eigenvalue weighted by molar-refractivity contribution is 5.92. The second kappa shape index (κ2) is 11.4. The molecule has 2 aliphatic carbocycles. The van der Waals surface area contributed by atoms with E-state index in [-0.39, 0.29) is 0 Å². The van der Waals surface area contributed by atoms with Crippen molar-refractivity contribution < 1.29 is 4.74 Å². The van der Waals surface area contributed by atoms with E-state index in [0.29, 0.717) is 36.6 Å². The van der Waals surface area contributed by atoms with Gasteiger partial charge in [0.1, 0.15) is 5.82 Å². The van der Waals surface area contributed by atoms with Crippen LogP contribution in [-0.4, -0.2) is 43.0 Å². The van der Waals surface area contributed by atoms with Crippen molar-refractivity contribution in [2.24, 2.45) is 23.7 Å². The Kier molecular flexibility index (Phi) is 8.11. The number of hydrogen-bond donors (Lipinski definition) is 4. The zero-order valence-corrected chi connectivity index (χ0v) is 21.6. The Balaban J connectivity index is 1.34. The van der Waals surface area contributed by atoms with Gasteiger partial charge in [0.15, 0.2) is 0 Å². The van der Waals surface area contributed by atoms with Crippen molar-refractivity contribution in [1.29, 1.82) is 0 Å². The maximum absolute atomic E-state index is 6.10. The monoisotopic (exact) mass is 479 g/mol. The van der Waals surface area contributed by atoms with Gasteiger partial charge in [-0.25, -0.2) is 4.98 Å². The van der Waals surface area contributed by atoms with Crippen LogP contribution >= 0.6 is 0 Å². The lowest BCUT2D eigenvalue weighted by Crippen LogP contribution is -2.48. The molecule has 2 aromatic rings. The molecule has 1 aromatic carbocycles. The molecule has 5 N–H and O–H groups in total. The average molecular weight is 480 g/mol. The van der Waals surface area contributed by atoms with Gasteiger partial charge in [-0.05, 0) is 105 Å². The minimum atomic E-state index is 0.416. The zero-order valence-electron chi connectivity index (χ0n) is 21.6. The third-order valence-electron chi connectivity index (χ3n) is 9.29. The number of nitrogens with zero attached hydrogens (tertiary/aromatic N) is 1. The second-order valence-electron chi connectivity index (χ2n) is 11.6. The van der Waals surface area contributed by atoms with Crippen molar-refractivity contribution in [2.45, 2.75) is 83.3 Å². The van der Waals surface area contributed by atoms with E-state index < -0.39 is 0 Å². The topological polar surface area (TPSA) is 84.2 Å². The van der Waals surface area contributed by atoms with Crippen LogP contribution in [0.3, 0.4) is 0 Å². The molecule has 192 valence electrons. The van der Waals surface area contributed by atoms with E-state index in [1.165, 1.54) is 57.1 Å². The predicted molar refractivity (Wildman–Crippen MR) is 145 cm³/mol. The van der Waals surface area contributed by atoms with Crippen molar-refractivity contribution >= 4 is 22.3 Å². The second-order valence-corrected chi connectivity index (χ2v) is 11.6. The van der Waals surface area contributed by atoms with Gasteiger partial charge in [0.25, 0.3) is 0 Å². The van der Waals surface area contributed by atoms with Crippen molar-refractivity contribution in [3.8, 4) is 0 Å². The van der Waals surface area contributed by atoms with Crippen LogP contribution in [0.15, 0.2) is 30.5 Å². The van der Waals surface area contributed by atoms with Crippen molar-refractivity contribution in [2.75, 3.05) is 30.9 Å². The molecule has 2 saturated carbocycles. The van der Waals surface area contributed by atoms with Gasteiger partial charge in [-0.3, -0.25) is 5.32 Å². The first-order valence-electron chi connectivity index (χ1n) is 14.0. The van der Waals surface area contributed by atoms with Crippen molar-refractivity contribution in [3.05, 3.63) is 30.5 Å². The largest absolute Gasteiger partial charge is 0.383 e. The molecule has 4 bridgehead atoms. The molecule has 0 spiro atoms. The summed E-state index contributed by atoms with van der Waals surface area (Å²) in [6.45, 7) is 7.47. The summed E-state index contributed by atoms with van der Waals surface area (Å²) in [4.78, 5) is 4.24. The van der Waals surface area contributed by atoms with Crippen molar-refractivity contribution in [3.63, 3.8) is 0 Å². The smallest absolute Gasteiger partial charge is 0.131 e. The quantitative estimate of drug-likeness (QED) is 0.477. The lowest BCUT2D eigenvalue weighted by atomic mass is 9.71. The summed E-state index contributed by atoms with van der Waals surface area (Å²) >= 11 is 0. The van der Waals surface area contributed by atoms with Crippen LogP contribution in [0.2, 0.25) is 0 Å². The van der Waals surface area contributed by atoms with Crippen LogP contribution in [-0.2, 0) is 4.74 Å². The maximum atomic E-state index is 6.10. The Morgan fingerprint density at radius 2 is 1.86 bits per heavy atom. The summed E-state index contributed by atoms with van der Waals surface area (Å²) < 4.78 is 6.04. The Labute approximate surface area is 211 Å². The van der Waals surface area contributed by atoms with Gasteiger partial charge in [0.2, 0.25) is 0 Å². The standard InChI is InChI=1S/C29H45N5O/c1-19-14-24-7-6-21(19)11-13-35-18-33-25-5-3-4-22(15-25)20(2)32-17-28(24)34-26-8-9-27-23(16-26)10-12-31-29(27)30/h8-10,12,16,19-22,24-25,28,32-34H,3-7,11,13-15,17-18H2,1-2H3,(H2,30,31)/t19?,20?,21?,22?,24-,25?,28?/m1/s1. The summed E-state index contributed by atoms with van der Waals surface area (Å²) in [5.41, 5.74) is 7.28. The van der Waals surface area contributed by atoms with Gasteiger partial charge in [-0.15, -0.1) is 0 Å². The molecule has 1 aromatic heterocycles. The molecule has 6 heteroatoms. The molecule has 4 aliphatic rings. The number of aromatic nitrogens is 1. The van der Waals surface area contributed by atoms with E-state index in [1.807, 2.05) is 0 Å². The Morgan fingerprint density at radius 1 is 0.971 bits per heavy atom. The highest BCUT2D eigenvalue weighted by Gasteiger charge is 2.33. The lowest BCUT2D eigenvalue weighted by molar-refractivity contribution is 0.0664.